The lowest BCUT2D eigenvalue weighted by atomic mass is 10.1. The van der Waals surface area contributed by atoms with Crippen molar-refractivity contribution in [3.05, 3.63) is 30.3 Å². The number of rotatable bonds is 6. The third kappa shape index (κ3) is 8.70. The molecule has 1 atom stereocenters. The number of benzene rings is 1. The van der Waals surface area contributed by atoms with Crippen molar-refractivity contribution in [2.24, 2.45) is 10.7 Å². The van der Waals surface area contributed by atoms with Crippen LogP contribution >= 0.6 is 0 Å². The minimum atomic E-state index is -0.516. The average molecular weight is 320 g/mol. The Labute approximate surface area is 138 Å². The van der Waals surface area contributed by atoms with E-state index >= 15 is 0 Å². The van der Waals surface area contributed by atoms with Crippen LogP contribution in [-0.4, -0.2) is 30.2 Å². The summed E-state index contributed by atoms with van der Waals surface area (Å²) in [4.78, 5) is 16.2. The number of nitrogens with one attached hydrogen (secondary N) is 2. The van der Waals surface area contributed by atoms with Crippen LogP contribution in [0.25, 0.3) is 0 Å². The zero-order chi connectivity index (χ0) is 17.3. The van der Waals surface area contributed by atoms with Crippen LogP contribution in [0.5, 0.6) is 0 Å². The number of para-hydroxylation sites is 1. The van der Waals surface area contributed by atoms with Crippen molar-refractivity contribution in [1.82, 2.24) is 5.32 Å². The molecule has 1 rings (SSSR count). The number of carbonyl (C=O) groups is 1. The monoisotopic (exact) mass is 320 g/mol. The van der Waals surface area contributed by atoms with Gasteiger partial charge in [0, 0.05) is 5.69 Å². The van der Waals surface area contributed by atoms with Crippen LogP contribution in [0.3, 0.4) is 0 Å². The second-order valence-electron chi connectivity index (χ2n) is 6.35. The van der Waals surface area contributed by atoms with E-state index in [-0.39, 0.29) is 6.04 Å². The summed E-state index contributed by atoms with van der Waals surface area (Å²) in [5, 5.41) is 5.86. The first-order valence-electron chi connectivity index (χ1n) is 7.91. The van der Waals surface area contributed by atoms with Crippen LogP contribution in [0.2, 0.25) is 0 Å². The first-order chi connectivity index (χ1) is 10.8. The molecule has 0 aliphatic heterocycles. The maximum absolute atomic E-state index is 11.9. The maximum atomic E-state index is 11.9. The van der Waals surface area contributed by atoms with Crippen molar-refractivity contribution in [2.75, 3.05) is 11.9 Å². The molecule has 0 heterocycles. The molecule has 6 heteroatoms. The highest BCUT2D eigenvalue weighted by Gasteiger charge is 2.19. The molecule has 0 spiro atoms. The van der Waals surface area contributed by atoms with Crippen LogP contribution < -0.4 is 16.4 Å². The van der Waals surface area contributed by atoms with E-state index in [1.54, 1.807) is 0 Å². The molecule has 1 aromatic carbocycles. The Hall–Kier alpha value is -2.24. The lowest BCUT2D eigenvalue weighted by Gasteiger charge is -2.22. The maximum Gasteiger partial charge on any atom is 0.407 e. The van der Waals surface area contributed by atoms with Gasteiger partial charge in [-0.3, -0.25) is 4.99 Å². The van der Waals surface area contributed by atoms with Gasteiger partial charge in [0.1, 0.15) is 5.60 Å². The Morgan fingerprint density at radius 2 is 1.96 bits per heavy atom. The lowest BCUT2D eigenvalue weighted by molar-refractivity contribution is 0.0503. The van der Waals surface area contributed by atoms with Gasteiger partial charge in [-0.25, -0.2) is 4.79 Å². The van der Waals surface area contributed by atoms with E-state index < -0.39 is 11.7 Å². The van der Waals surface area contributed by atoms with Crippen LogP contribution in [-0.2, 0) is 4.74 Å². The number of hydrogen-bond acceptors (Lipinski definition) is 3. The van der Waals surface area contributed by atoms with Crippen molar-refractivity contribution in [3.8, 4) is 0 Å². The Morgan fingerprint density at radius 1 is 1.30 bits per heavy atom. The minimum absolute atomic E-state index is 0.106. The topological polar surface area (TPSA) is 88.7 Å². The highest BCUT2D eigenvalue weighted by atomic mass is 16.6. The Morgan fingerprint density at radius 3 is 2.52 bits per heavy atom. The molecule has 0 saturated carbocycles. The number of amides is 1. The molecule has 0 aromatic heterocycles. The molecule has 0 aliphatic carbocycles. The number of alkyl carbamates (subject to hydrolysis) is 1. The third-order valence-electron chi connectivity index (χ3n) is 2.89. The summed E-state index contributed by atoms with van der Waals surface area (Å²) in [5.41, 5.74) is 6.24. The fourth-order valence-corrected chi connectivity index (χ4v) is 1.95. The number of ether oxygens (including phenoxy) is 1. The van der Waals surface area contributed by atoms with E-state index in [1.807, 2.05) is 51.1 Å². The second-order valence-corrected chi connectivity index (χ2v) is 6.35. The van der Waals surface area contributed by atoms with E-state index in [0.717, 1.165) is 18.5 Å². The zero-order valence-electron chi connectivity index (χ0n) is 14.4. The molecular weight excluding hydrogens is 292 g/mol. The standard InChI is InChI=1S/C17H28N4O2/c1-5-9-14(21-16(22)23-17(2,3)4)12-19-15(18)20-13-10-7-6-8-11-13/h6-8,10-11,14H,5,9,12H2,1-4H3,(H,21,22)(H3,18,19,20). The summed E-state index contributed by atoms with van der Waals surface area (Å²) in [6.45, 7) is 7.96. The van der Waals surface area contributed by atoms with Crippen molar-refractivity contribution < 1.29 is 9.53 Å². The molecule has 0 bridgehead atoms. The number of guanidine groups is 1. The summed E-state index contributed by atoms with van der Waals surface area (Å²) in [6, 6.07) is 9.47. The molecule has 0 fully saturated rings. The van der Waals surface area contributed by atoms with Crippen molar-refractivity contribution in [2.45, 2.75) is 52.2 Å². The van der Waals surface area contributed by atoms with Crippen molar-refractivity contribution >= 4 is 17.7 Å². The molecule has 23 heavy (non-hydrogen) atoms. The number of nitrogens with two attached hydrogens (primary N) is 1. The fraction of sp³-hybridized carbons (Fsp3) is 0.529. The van der Waals surface area contributed by atoms with E-state index in [1.165, 1.54) is 0 Å². The quantitative estimate of drug-likeness (QED) is 0.555. The number of aliphatic imine (C=N–C) groups is 1. The van der Waals surface area contributed by atoms with Crippen LogP contribution in [0, 0.1) is 0 Å². The SMILES string of the molecule is CCCC(CN=C(N)Nc1ccccc1)NC(=O)OC(C)(C)C. The molecule has 4 N–H and O–H groups in total. The predicted molar refractivity (Wildman–Crippen MR) is 94.6 cm³/mol. The van der Waals surface area contributed by atoms with Gasteiger partial charge >= 0.3 is 6.09 Å². The van der Waals surface area contributed by atoms with Crippen molar-refractivity contribution in [3.63, 3.8) is 0 Å². The van der Waals surface area contributed by atoms with Gasteiger partial charge in [-0.05, 0) is 39.3 Å². The van der Waals surface area contributed by atoms with Crippen LogP contribution in [0.1, 0.15) is 40.5 Å². The molecule has 0 aliphatic rings. The molecule has 1 amide bonds. The number of anilines is 1. The molecule has 6 nitrogen and oxygen atoms in total. The van der Waals surface area contributed by atoms with E-state index in [4.69, 9.17) is 10.5 Å². The second kappa shape index (κ2) is 9.02. The van der Waals surface area contributed by atoms with Gasteiger partial charge in [0.25, 0.3) is 0 Å². The van der Waals surface area contributed by atoms with E-state index in [9.17, 15) is 4.79 Å². The smallest absolute Gasteiger partial charge is 0.407 e. The first-order valence-corrected chi connectivity index (χ1v) is 7.91. The number of nitrogens with zero attached hydrogens (tertiary/aromatic N) is 1. The fourth-order valence-electron chi connectivity index (χ4n) is 1.95. The molecular formula is C17H28N4O2. The normalized spacial score (nSPS) is 13.3. The summed E-state index contributed by atoms with van der Waals surface area (Å²) in [7, 11) is 0. The highest BCUT2D eigenvalue weighted by molar-refractivity contribution is 5.92. The Bertz CT molecular complexity index is 509. The molecule has 0 radical (unpaired) electrons. The van der Waals surface area contributed by atoms with Gasteiger partial charge in [0.2, 0.25) is 0 Å². The van der Waals surface area contributed by atoms with Gasteiger partial charge in [-0.2, -0.15) is 0 Å². The molecule has 1 aromatic rings. The first kappa shape index (κ1) is 18.8. The summed E-state index contributed by atoms with van der Waals surface area (Å²) in [6.07, 6.45) is 1.31. The number of hydrogen-bond donors (Lipinski definition) is 3. The summed E-state index contributed by atoms with van der Waals surface area (Å²) >= 11 is 0. The largest absolute Gasteiger partial charge is 0.444 e. The van der Waals surface area contributed by atoms with Crippen LogP contribution in [0.4, 0.5) is 10.5 Å². The highest BCUT2D eigenvalue weighted by Crippen LogP contribution is 2.08. The zero-order valence-corrected chi connectivity index (χ0v) is 14.4. The lowest BCUT2D eigenvalue weighted by Crippen LogP contribution is -2.41. The predicted octanol–water partition coefficient (Wildman–Crippen LogP) is 3.11. The van der Waals surface area contributed by atoms with E-state index in [0.29, 0.717) is 12.5 Å². The van der Waals surface area contributed by atoms with Crippen LogP contribution in [0.15, 0.2) is 35.3 Å². The third-order valence-corrected chi connectivity index (χ3v) is 2.89. The summed E-state index contributed by atoms with van der Waals surface area (Å²) in [5.74, 6) is 0.322. The van der Waals surface area contributed by atoms with Gasteiger partial charge in [0.05, 0.1) is 12.6 Å². The summed E-state index contributed by atoms with van der Waals surface area (Å²) < 4.78 is 5.27. The molecule has 0 saturated heterocycles. The van der Waals surface area contributed by atoms with Gasteiger partial charge in [-0.15, -0.1) is 0 Å². The average Bonchev–Trinajstić information content (AvgIpc) is 2.44. The van der Waals surface area contributed by atoms with Gasteiger partial charge in [-0.1, -0.05) is 31.5 Å². The van der Waals surface area contributed by atoms with E-state index in [2.05, 4.69) is 22.5 Å². The minimum Gasteiger partial charge on any atom is -0.444 e. The Kier molecular flexibility index (Phi) is 7.38. The van der Waals surface area contributed by atoms with Gasteiger partial charge < -0.3 is 21.1 Å². The number of carbonyl (C=O) groups excluding carboxylic acids is 1. The Balaban J connectivity index is 2.54. The van der Waals surface area contributed by atoms with Crippen molar-refractivity contribution in [1.29, 1.82) is 0 Å². The van der Waals surface area contributed by atoms with Gasteiger partial charge in [0.15, 0.2) is 5.96 Å². The molecule has 128 valence electrons. The molecule has 1 unspecified atom stereocenters.